The average molecular weight is 376 g/mol. The zero-order valence-electron chi connectivity index (χ0n) is 11.8. The second-order valence-electron chi connectivity index (χ2n) is 4.17. The molecule has 0 saturated heterocycles. The minimum absolute atomic E-state index is 0.173. The largest absolute Gasteiger partial charge is 0.325 e. The van der Waals surface area contributed by atoms with E-state index >= 15 is 0 Å². The molecule has 22 heavy (non-hydrogen) atoms. The van der Waals surface area contributed by atoms with E-state index in [2.05, 4.69) is 15.5 Å². The topological polar surface area (TPSA) is 89.0 Å². The standard InChI is InChI=1S/C12H13N3O3S4/c1-19-11-14-15-12(21-11)20-7-10(16)13-8-4-3-5-9(6-8)22(2,17)18/h3-6H,7H2,1-2H3,(H,13,16). The Morgan fingerprint density at radius 2 is 2.05 bits per heavy atom. The fourth-order valence-electron chi connectivity index (χ4n) is 1.47. The van der Waals surface area contributed by atoms with Crippen molar-refractivity contribution in [2.24, 2.45) is 0 Å². The van der Waals surface area contributed by atoms with Crippen molar-refractivity contribution in [2.75, 3.05) is 23.6 Å². The van der Waals surface area contributed by atoms with E-state index in [-0.39, 0.29) is 16.6 Å². The molecule has 0 aliphatic carbocycles. The molecule has 2 rings (SSSR count). The van der Waals surface area contributed by atoms with E-state index in [1.54, 1.807) is 12.1 Å². The maximum absolute atomic E-state index is 11.9. The van der Waals surface area contributed by atoms with Crippen LogP contribution in [-0.2, 0) is 14.6 Å². The van der Waals surface area contributed by atoms with Crippen LogP contribution in [0.15, 0.2) is 37.8 Å². The van der Waals surface area contributed by atoms with Crippen LogP contribution in [0.1, 0.15) is 0 Å². The summed E-state index contributed by atoms with van der Waals surface area (Å²) in [6.07, 6.45) is 3.04. The van der Waals surface area contributed by atoms with Crippen molar-refractivity contribution in [1.29, 1.82) is 0 Å². The monoisotopic (exact) mass is 375 g/mol. The van der Waals surface area contributed by atoms with Gasteiger partial charge in [-0.15, -0.1) is 10.2 Å². The van der Waals surface area contributed by atoms with Gasteiger partial charge in [-0.05, 0) is 24.5 Å². The van der Waals surface area contributed by atoms with E-state index in [0.717, 1.165) is 14.9 Å². The van der Waals surface area contributed by atoms with E-state index in [4.69, 9.17) is 0 Å². The van der Waals surface area contributed by atoms with Gasteiger partial charge in [0, 0.05) is 11.9 Å². The van der Waals surface area contributed by atoms with Gasteiger partial charge in [0.25, 0.3) is 0 Å². The smallest absolute Gasteiger partial charge is 0.234 e. The lowest BCUT2D eigenvalue weighted by Gasteiger charge is -2.06. The van der Waals surface area contributed by atoms with Crippen molar-refractivity contribution in [3.05, 3.63) is 24.3 Å². The Hall–Kier alpha value is -1.10. The zero-order valence-corrected chi connectivity index (χ0v) is 15.0. The summed E-state index contributed by atoms with van der Waals surface area (Å²) in [6, 6.07) is 6.17. The highest BCUT2D eigenvalue weighted by atomic mass is 32.2. The minimum Gasteiger partial charge on any atom is -0.325 e. The molecule has 0 aliphatic rings. The second kappa shape index (κ2) is 7.44. The number of hydrogen-bond donors (Lipinski definition) is 1. The van der Waals surface area contributed by atoms with E-state index in [0.29, 0.717) is 5.69 Å². The molecule has 2 aromatic rings. The number of thioether (sulfide) groups is 2. The van der Waals surface area contributed by atoms with Gasteiger partial charge in [-0.25, -0.2) is 8.42 Å². The lowest BCUT2D eigenvalue weighted by atomic mass is 10.3. The lowest BCUT2D eigenvalue weighted by Crippen LogP contribution is -2.14. The van der Waals surface area contributed by atoms with Crippen LogP contribution in [0, 0.1) is 0 Å². The van der Waals surface area contributed by atoms with Gasteiger partial charge in [0.2, 0.25) is 5.91 Å². The highest BCUT2D eigenvalue weighted by Gasteiger charge is 2.10. The van der Waals surface area contributed by atoms with E-state index in [9.17, 15) is 13.2 Å². The molecule has 118 valence electrons. The number of hydrogen-bond acceptors (Lipinski definition) is 8. The molecule has 1 aromatic carbocycles. The molecule has 1 amide bonds. The molecular weight excluding hydrogens is 362 g/mol. The number of benzene rings is 1. The number of carbonyl (C=O) groups is 1. The van der Waals surface area contributed by atoms with Crippen LogP contribution < -0.4 is 5.32 Å². The molecule has 1 N–H and O–H groups in total. The van der Waals surface area contributed by atoms with Crippen LogP contribution in [0.5, 0.6) is 0 Å². The first kappa shape index (κ1) is 17.3. The van der Waals surface area contributed by atoms with Gasteiger partial charge in [0.1, 0.15) is 0 Å². The van der Waals surface area contributed by atoms with Gasteiger partial charge in [-0.1, -0.05) is 40.9 Å². The number of carbonyl (C=O) groups excluding carboxylic acids is 1. The third-order valence-electron chi connectivity index (χ3n) is 2.44. The number of rotatable bonds is 6. The highest BCUT2D eigenvalue weighted by molar-refractivity contribution is 8.03. The molecule has 10 heteroatoms. The Kier molecular flexibility index (Phi) is 5.84. The average Bonchev–Trinajstić information content (AvgIpc) is 2.92. The second-order valence-corrected chi connectivity index (χ2v) is 9.44. The Labute approximate surface area is 141 Å². The predicted octanol–water partition coefficient (Wildman–Crippen LogP) is 2.39. The summed E-state index contributed by atoms with van der Waals surface area (Å²) in [7, 11) is -3.29. The first-order valence-corrected chi connectivity index (χ1v) is 10.9. The van der Waals surface area contributed by atoms with Crippen molar-refractivity contribution < 1.29 is 13.2 Å². The van der Waals surface area contributed by atoms with Crippen molar-refractivity contribution in [3.8, 4) is 0 Å². The summed E-state index contributed by atoms with van der Waals surface area (Å²) in [6.45, 7) is 0. The number of anilines is 1. The SMILES string of the molecule is CSc1nnc(SCC(=O)Nc2cccc(S(C)(=O)=O)c2)s1. The van der Waals surface area contributed by atoms with Crippen molar-refractivity contribution in [1.82, 2.24) is 10.2 Å². The summed E-state index contributed by atoms with van der Waals surface area (Å²) < 4.78 is 24.5. The fraction of sp³-hybridized carbons (Fsp3) is 0.250. The normalized spacial score (nSPS) is 11.4. The van der Waals surface area contributed by atoms with Gasteiger partial charge in [-0.3, -0.25) is 4.79 Å². The zero-order chi connectivity index (χ0) is 16.2. The molecule has 0 fully saturated rings. The minimum atomic E-state index is -3.29. The predicted molar refractivity (Wildman–Crippen MR) is 90.6 cm³/mol. The Morgan fingerprint density at radius 1 is 1.32 bits per heavy atom. The number of nitrogens with zero attached hydrogens (tertiary/aromatic N) is 2. The third-order valence-corrected chi connectivity index (χ3v) is 6.58. The summed E-state index contributed by atoms with van der Waals surface area (Å²) in [5.74, 6) is -0.0388. The van der Waals surface area contributed by atoms with Crippen molar-refractivity contribution in [2.45, 2.75) is 13.6 Å². The first-order chi connectivity index (χ1) is 10.4. The lowest BCUT2D eigenvalue weighted by molar-refractivity contribution is -0.113. The quantitative estimate of drug-likeness (QED) is 0.775. The summed E-state index contributed by atoms with van der Waals surface area (Å²) >= 11 is 4.23. The van der Waals surface area contributed by atoms with E-state index in [1.807, 2.05) is 6.26 Å². The molecule has 0 saturated carbocycles. The highest BCUT2D eigenvalue weighted by Crippen LogP contribution is 2.27. The Morgan fingerprint density at radius 3 is 2.68 bits per heavy atom. The molecule has 0 aliphatic heterocycles. The third kappa shape index (κ3) is 4.97. The Balaban J connectivity index is 1.94. The number of sulfone groups is 1. The number of nitrogens with one attached hydrogen (secondary N) is 1. The molecule has 0 bridgehead atoms. The van der Waals surface area contributed by atoms with Gasteiger partial charge in [-0.2, -0.15) is 0 Å². The fourth-order valence-corrected chi connectivity index (χ4v) is 4.37. The van der Waals surface area contributed by atoms with Crippen molar-refractivity contribution >= 4 is 56.3 Å². The molecule has 1 aromatic heterocycles. The summed E-state index contributed by atoms with van der Waals surface area (Å²) in [4.78, 5) is 12.1. The molecule has 1 heterocycles. The molecule has 0 unspecified atom stereocenters. The van der Waals surface area contributed by atoms with E-state index < -0.39 is 9.84 Å². The summed E-state index contributed by atoms with van der Waals surface area (Å²) in [5.41, 5.74) is 0.454. The van der Waals surface area contributed by atoms with Crippen LogP contribution in [0.2, 0.25) is 0 Å². The van der Waals surface area contributed by atoms with Crippen LogP contribution in [0.3, 0.4) is 0 Å². The Bertz CT molecular complexity index is 773. The van der Waals surface area contributed by atoms with Crippen LogP contribution in [-0.4, -0.2) is 42.8 Å². The van der Waals surface area contributed by atoms with E-state index in [1.165, 1.54) is 47.0 Å². The van der Waals surface area contributed by atoms with Crippen molar-refractivity contribution in [3.63, 3.8) is 0 Å². The number of amides is 1. The van der Waals surface area contributed by atoms with Gasteiger partial charge >= 0.3 is 0 Å². The molecule has 0 atom stereocenters. The molecule has 0 radical (unpaired) electrons. The van der Waals surface area contributed by atoms with Crippen LogP contribution >= 0.6 is 34.9 Å². The van der Waals surface area contributed by atoms with Gasteiger partial charge in [0.15, 0.2) is 18.5 Å². The molecular formula is C12H13N3O3S4. The maximum Gasteiger partial charge on any atom is 0.234 e. The number of aromatic nitrogens is 2. The van der Waals surface area contributed by atoms with Crippen LogP contribution in [0.4, 0.5) is 5.69 Å². The first-order valence-electron chi connectivity index (χ1n) is 5.99. The molecule has 6 nitrogen and oxygen atoms in total. The van der Waals surface area contributed by atoms with Gasteiger partial charge in [0.05, 0.1) is 10.6 Å². The van der Waals surface area contributed by atoms with Gasteiger partial charge < -0.3 is 5.32 Å². The summed E-state index contributed by atoms with van der Waals surface area (Å²) in [5, 5.41) is 10.6. The molecule has 0 spiro atoms. The maximum atomic E-state index is 11.9. The van der Waals surface area contributed by atoms with Crippen LogP contribution in [0.25, 0.3) is 0 Å².